The summed E-state index contributed by atoms with van der Waals surface area (Å²) < 4.78 is 1.19. The van der Waals surface area contributed by atoms with E-state index in [4.69, 9.17) is 0 Å². The molecular formula is C15H21BrN2. The fourth-order valence-corrected chi connectivity index (χ4v) is 3.29. The second kappa shape index (κ2) is 5.72. The van der Waals surface area contributed by atoms with E-state index < -0.39 is 0 Å². The van der Waals surface area contributed by atoms with Crippen LogP contribution in [0, 0.1) is 0 Å². The van der Waals surface area contributed by atoms with Gasteiger partial charge in [0.2, 0.25) is 0 Å². The summed E-state index contributed by atoms with van der Waals surface area (Å²) >= 11 is 3.55. The van der Waals surface area contributed by atoms with Crippen LogP contribution in [0.15, 0.2) is 28.7 Å². The van der Waals surface area contributed by atoms with Crippen molar-refractivity contribution in [2.45, 2.75) is 31.8 Å². The molecule has 0 atom stereocenters. The molecule has 1 aromatic rings. The summed E-state index contributed by atoms with van der Waals surface area (Å²) in [5.41, 5.74) is 1.42. The first-order chi connectivity index (χ1) is 8.81. The van der Waals surface area contributed by atoms with Crippen LogP contribution >= 0.6 is 15.9 Å². The lowest BCUT2D eigenvalue weighted by atomic mass is 10.2. The number of rotatable bonds is 3. The van der Waals surface area contributed by atoms with E-state index in [1.54, 1.807) is 0 Å². The van der Waals surface area contributed by atoms with Crippen LogP contribution < -0.4 is 0 Å². The second-order valence-electron chi connectivity index (χ2n) is 5.53. The summed E-state index contributed by atoms with van der Waals surface area (Å²) in [7, 11) is 0. The van der Waals surface area contributed by atoms with Gasteiger partial charge < -0.3 is 0 Å². The van der Waals surface area contributed by atoms with Crippen LogP contribution in [-0.2, 0) is 6.54 Å². The molecule has 0 radical (unpaired) electrons. The average Bonchev–Trinajstić information content (AvgIpc) is 3.14. The standard InChI is InChI=1S/C15H21BrN2/c16-14-4-1-3-13(11-14)12-17-7-2-8-18(10-9-17)15-5-6-15/h1,3-4,11,15H,2,5-10,12H2. The summed E-state index contributed by atoms with van der Waals surface area (Å²) in [5, 5.41) is 0. The molecule has 2 fully saturated rings. The number of hydrogen-bond acceptors (Lipinski definition) is 2. The third-order valence-electron chi connectivity index (χ3n) is 3.98. The van der Waals surface area contributed by atoms with Gasteiger partial charge in [0.1, 0.15) is 0 Å². The van der Waals surface area contributed by atoms with Crippen molar-refractivity contribution >= 4 is 15.9 Å². The van der Waals surface area contributed by atoms with Gasteiger partial charge in [0.25, 0.3) is 0 Å². The first-order valence-electron chi connectivity index (χ1n) is 7.02. The molecule has 2 aliphatic rings. The Labute approximate surface area is 118 Å². The van der Waals surface area contributed by atoms with E-state index in [2.05, 4.69) is 50.0 Å². The van der Waals surface area contributed by atoms with Crippen molar-refractivity contribution in [3.05, 3.63) is 34.3 Å². The Morgan fingerprint density at radius 3 is 2.78 bits per heavy atom. The molecule has 2 nitrogen and oxygen atoms in total. The molecule has 0 unspecified atom stereocenters. The van der Waals surface area contributed by atoms with Crippen LogP contribution in [0.2, 0.25) is 0 Å². The molecule has 3 rings (SSSR count). The van der Waals surface area contributed by atoms with Crippen LogP contribution in [0.4, 0.5) is 0 Å². The zero-order valence-electron chi connectivity index (χ0n) is 10.8. The van der Waals surface area contributed by atoms with E-state index in [1.807, 2.05) is 0 Å². The van der Waals surface area contributed by atoms with Gasteiger partial charge in [0.15, 0.2) is 0 Å². The number of halogens is 1. The van der Waals surface area contributed by atoms with E-state index in [0.717, 1.165) is 12.6 Å². The maximum absolute atomic E-state index is 3.55. The normalized spacial score (nSPS) is 22.9. The Kier molecular flexibility index (Phi) is 4.02. The molecule has 1 aliphatic carbocycles. The van der Waals surface area contributed by atoms with Gasteiger partial charge in [-0.1, -0.05) is 28.1 Å². The lowest BCUT2D eigenvalue weighted by molar-refractivity contribution is 0.246. The second-order valence-corrected chi connectivity index (χ2v) is 6.44. The Bertz CT molecular complexity index is 403. The van der Waals surface area contributed by atoms with Crippen LogP contribution in [0.5, 0.6) is 0 Å². The van der Waals surface area contributed by atoms with E-state index in [0.29, 0.717) is 0 Å². The fraction of sp³-hybridized carbons (Fsp3) is 0.600. The summed E-state index contributed by atoms with van der Waals surface area (Å²) in [4.78, 5) is 5.30. The molecule has 1 aliphatic heterocycles. The number of benzene rings is 1. The molecule has 1 aromatic carbocycles. The maximum Gasteiger partial charge on any atom is 0.0234 e. The molecule has 1 saturated heterocycles. The Balaban J connectivity index is 1.56. The van der Waals surface area contributed by atoms with Gasteiger partial charge >= 0.3 is 0 Å². The van der Waals surface area contributed by atoms with Crippen molar-refractivity contribution in [2.75, 3.05) is 26.2 Å². The highest BCUT2D eigenvalue weighted by Crippen LogP contribution is 2.27. The molecule has 1 saturated carbocycles. The van der Waals surface area contributed by atoms with Crippen LogP contribution in [-0.4, -0.2) is 42.0 Å². The third-order valence-corrected chi connectivity index (χ3v) is 4.47. The monoisotopic (exact) mass is 308 g/mol. The van der Waals surface area contributed by atoms with Crippen molar-refractivity contribution in [1.29, 1.82) is 0 Å². The van der Waals surface area contributed by atoms with Gasteiger partial charge in [-0.3, -0.25) is 9.80 Å². The molecule has 0 aromatic heterocycles. The predicted octanol–water partition coefficient (Wildman–Crippen LogP) is 3.12. The van der Waals surface area contributed by atoms with Gasteiger partial charge in [-0.25, -0.2) is 0 Å². The van der Waals surface area contributed by atoms with Crippen LogP contribution in [0.3, 0.4) is 0 Å². The quantitative estimate of drug-likeness (QED) is 0.846. The summed E-state index contributed by atoms with van der Waals surface area (Å²) in [5.74, 6) is 0. The highest BCUT2D eigenvalue weighted by atomic mass is 79.9. The largest absolute Gasteiger partial charge is 0.299 e. The molecule has 0 bridgehead atoms. The molecule has 1 heterocycles. The number of hydrogen-bond donors (Lipinski definition) is 0. The predicted molar refractivity (Wildman–Crippen MR) is 78.6 cm³/mol. The SMILES string of the molecule is Brc1cccc(CN2CCCN(C3CC3)CC2)c1. The average molecular weight is 309 g/mol. The van der Waals surface area contributed by atoms with Gasteiger partial charge in [0, 0.05) is 30.1 Å². The molecular weight excluding hydrogens is 288 g/mol. The maximum atomic E-state index is 3.55. The van der Waals surface area contributed by atoms with E-state index in [1.165, 1.54) is 55.5 Å². The first-order valence-corrected chi connectivity index (χ1v) is 7.81. The van der Waals surface area contributed by atoms with Crippen LogP contribution in [0.1, 0.15) is 24.8 Å². The van der Waals surface area contributed by atoms with Crippen molar-refractivity contribution in [1.82, 2.24) is 9.80 Å². The molecule has 0 N–H and O–H groups in total. The summed E-state index contributed by atoms with van der Waals surface area (Å²) in [6.07, 6.45) is 4.20. The molecule has 3 heteroatoms. The van der Waals surface area contributed by atoms with Crippen molar-refractivity contribution in [2.24, 2.45) is 0 Å². The minimum Gasteiger partial charge on any atom is -0.299 e. The highest BCUT2D eigenvalue weighted by Gasteiger charge is 2.29. The van der Waals surface area contributed by atoms with E-state index in [9.17, 15) is 0 Å². The van der Waals surface area contributed by atoms with Gasteiger partial charge in [-0.15, -0.1) is 0 Å². The lowest BCUT2D eigenvalue weighted by Gasteiger charge is -2.21. The minimum absolute atomic E-state index is 0.927. The van der Waals surface area contributed by atoms with E-state index >= 15 is 0 Å². The summed E-state index contributed by atoms with van der Waals surface area (Å²) in [6, 6.07) is 9.63. The zero-order valence-corrected chi connectivity index (χ0v) is 12.4. The third kappa shape index (κ3) is 3.34. The van der Waals surface area contributed by atoms with Gasteiger partial charge in [0.05, 0.1) is 0 Å². The Hall–Kier alpha value is -0.380. The van der Waals surface area contributed by atoms with Crippen molar-refractivity contribution in [3.8, 4) is 0 Å². The zero-order chi connectivity index (χ0) is 12.4. The first kappa shape index (κ1) is 12.6. The molecule has 98 valence electrons. The van der Waals surface area contributed by atoms with Crippen molar-refractivity contribution < 1.29 is 0 Å². The minimum atomic E-state index is 0.927. The molecule has 0 spiro atoms. The lowest BCUT2D eigenvalue weighted by Crippen LogP contribution is -2.31. The highest BCUT2D eigenvalue weighted by molar-refractivity contribution is 9.10. The van der Waals surface area contributed by atoms with E-state index in [-0.39, 0.29) is 0 Å². The Morgan fingerprint density at radius 1 is 1.11 bits per heavy atom. The summed E-state index contributed by atoms with van der Waals surface area (Å²) in [6.45, 7) is 6.13. The molecule has 18 heavy (non-hydrogen) atoms. The van der Waals surface area contributed by atoms with Crippen LogP contribution in [0.25, 0.3) is 0 Å². The molecule has 0 amide bonds. The van der Waals surface area contributed by atoms with Crippen molar-refractivity contribution in [3.63, 3.8) is 0 Å². The smallest absolute Gasteiger partial charge is 0.0234 e. The topological polar surface area (TPSA) is 6.48 Å². The van der Waals surface area contributed by atoms with Gasteiger partial charge in [-0.05, 0) is 50.0 Å². The fourth-order valence-electron chi connectivity index (χ4n) is 2.85. The van der Waals surface area contributed by atoms with Gasteiger partial charge in [-0.2, -0.15) is 0 Å². The number of nitrogens with zero attached hydrogens (tertiary/aromatic N) is 2. The Morgan fingerprint density at radius 2 is 2.00 bits per heavy atom.